The van der Waals surface area contributed by atoms with E-state index in [4.69, 9.17) is 15.2 Å². The van der Waals surface area contributed by atoms with Gasteiger partial charge in [-0.1, -0.05) is 6.07 Å². The van der Waals surface area contributed by atoms with Crippen LogP contribution in [-0.2, 0) is 12.0 Å². The zero-order valence-corrected chi connectivity index (χ0v) is 12.9. The second kappa shape index (κ2) is 6.24. The fraction of sp³-hybridized carbons (Fsp3) is 0.400. The topological polar surface area (TPSA) is 57.4 Å². The van der Waals surface area contributed by atoms with Crippen molar-refractivity contribution in [1.82, 2.24) is 4.98 Å². The van der Waals surface area contributed by atoms with Crippen LogP contribution >= 0.6 is 11.3 Å². The van der Waals surface area contributed by atoms with E-state index in [1.54, 1.807) is 18.4 Å². The predicted octanol–water partition coefficient (Wildman–Crippen LogP) is 2.97. The van der Waals surface area contributed by atoms with Crippen LogP contribution in [0.15, 0.2) is 29.6 Å². The van der Waals surface area contributed by atoms with Crippen molar-refractivity contribution in [3.63, 3.8) is 0 Å². The summed E-state index contributed by atoms with van der Waals surface area (Å²) in [5.41, 5.74) is 6.56. The Bertz CT molecular complexity index is 561. The second-order valence-electron chi connectivity index (χ2n) is 5.13. The van der Waals surface area contributed by atoms with E-state index in [1.165, 1.54) is 0 Å². The number of benzene rings is 1. The van der Waals surface area contributed by atoms with Crippen molar-refractivity contribution in [3.05, 3.63) is 40.3 Å². The lowest BCUT2D eigenvalue weighted by molar-refractivity contribution is 0.318. The van der Waals surface area contributed by atoms with Gasteiger partial charge in [-0.15, -0.1) is 11.3 Å². The van der Waals surface area contributed by atoms with Gasteiger partial charge in [-0.05, 0) is 26.0 Å². The first-order valence-corrected chi connectivity index (χ1v) is 7.37. The Kier molecular flexibility index (Phi) is 4.62. The van der Waals surface area contributed by atoms with Crippen LogP contribution in [0.4, 0.5) is 0 Å². The Morgan fingerprint density at radius 3 is 2.70 bits per heavy atom. The molecular formula is C15H20N2O2S. The highest BCUT2D eigenvalue weighted by molar-refractivity contribution is 7.09. The molecule has 2 rings (SSSR count). The summed E-state index contributed by atoms with van der Waals surface area (Å²) in [5.74, 6) is 1.60. The zero-order valence-electron chi connectivity index (χ0n) is 12.1. The summed E-state index contributed by atoms with van der Waals surface area (Å²) in [6.45, 7) is 4.50. The molecule has 0 radical (unpaired) electrons. The molecular weight excluding hydrogens is 272 g/mol. The van der Waals surface area contributed by atoms with Crippen molar-refractivity contribution in [2.75, 3.05) is 13.7 Å². The summed E-state index contributed by atoms with van der Waals surface area (Å²) in [4.78, 5) is 4.54. The third kappa shape index (κ3) is 3.95. The number of ether oxygens (including phenoxy) is 2. The smallest absolute Gasteiger partial charge is 0.123 e. The van der Waals surface area contributed by atoms with Crippen molar-refractivity contribution in [1.29, 1.82) is 0 Å². The van der Waals surface area contributed by atoms with Crippen molar-refractivity contribution in [3.8, 4) is 11.5 Å². The SMILES string of the molecule is COc1cccc(OCCc2nc(C(C)(C)N)cs2)c1. The van der Waals surface area contributed by atoms with Gasteiger partial charge in [-0.25, -0.2) is 4.98 Å². The molecule has 0 spiro atoms. The molecule has 1 aromatic carbocycles. The highest BCUT2D eigenvalue weighted by Crippen LogP contribution is 2.21. The summed E-state index contributed by atoms with van der Waals surface area (Å²) in [7, 11) is 1.64. The molecule has 1 aromatic heterocycles. The number of hydrogen-bond acceptors (Lipinski definition) is 5. The van der Waals surface area contributed by atoms with Crippen LogP contribution in [0.2, 0.25) is 0 Å². The zero-order chi connectivity index (χ0) is 14.6. The van der Waals surface area contributed by atoms with Gasteiger partial charge in [-0.3, -0.25) is 0 Å². The van der Waals surface area contributed by atoms with E-state index in [9.17, 15) is 0 Å². The van der Waals surface area contributed by atoms with Gasteiger partial charge in [0, 0.05) is 17.9 Å². The largest absolute Gasteiger partial charge is 0.497 e. The van der Waals surface area contributed by atoms with Crippen molar-refractivity contribution < 1.29 is 9.47 Å². The highest BCUT2D eigenvalue weighted by Gasteiger charge is 2.17. The third-order valence-corrected chi connectivity index (χ3v) is 3.75. The van der Waals surface area contributed by atoms with Crippen LogP contribution in [0.1, 0.15) is 24.5 Å². The van der Waals surface area contributed by atoms with Gasteiger partial charge in [0.25, 0.3) is 0 Å². The number of methoxy groups -OCH3 is 1. The third-order valence-electron chi connectivity index (χ3n) is 2.84. The number of aromatic nitrogens is 1. The summed E-state index contributed by atoms with van der Waals surface area (Å²) >= 11 is 1.62. The number of hydrogen-bond donors (Lipinski definition) is 1. The molecule has 108 valence electrons. The molecule has 0 aliphatic rings. The molecule has 20 heavy (non-hydrogen) atoms. The summed E-state index contributed by atoms with van der Waals surface area (Å²) < 4.78 is 10.9. The standard InChI is InChI=1S/C15H20N2O2S/c1-15(2,16)13-10-20-14(17-13)7-8-19-12-6-4-5-11(9-12)18-3/h4-6,9-10H,7-8,16H2,1-3H3. The molecule has 2 N–H and O–H groups in total. The summed E-state index contributed by atoms with van der Waals surface area (Å²) in [6.07, 6.45) is 0.776. The molecule has 2 aromatic rings. The first kappa shape index (κ1) is 14.8. The molecule has 0 saturated heterocycles. The van der Waals surface area contributed by atoms with Gasteiger partial charge in [0.1, 0.15) is 11.5 Å². The molecule has 5 heteroatoms. The monoisotopic (exact) mass is 292 g/mol. The maximum Gasteiger partial charge on any atom is 0.123 e. The molecule has 0 atom stereocenters. The van der Waals surface area contributed by atoms with Crippen LogP contribution in [0, 0.1) is 0 Å². The van der Waals surface area contributed by atoms with Crippen LogP contribution in [0.3, 0.4) is 0 Å². The van der Waals surface area contributed by atoms with E-state index in [-0.39, 0.29) is 5.54 Å². The van der Waals surface area contributed by atoms with Crippen LogP contribution in [-0.4, -0.2) is 18.7 Å². The maximum atomic E-state index is 6.02. The predicted molar refractivity (Wildman–Crippen MR) is 81.5 cm³/mol. The van der Waals surface area contributed by atoms with Crippen molar-refractivity contribution in [2.24, 2.45) is 5.73 Å². The fourth-order valence-electron chi connectivity index (χ4n) is 1.67. The fourth-order valence-corrected chi connectivity index (χ4v) is 2.63. The van der Waals surface area contributed by atoms with Gasteiger partial charge in [-0.2, -0.15) is 0 Å². The average molecular weight is 292 g/mol. The van der Waals surface area contributed by atoms with E-state index >= 15 is 0 Å². The van der Waals surface area contributed by atoms with Crippen LogP contribution < -0.4 is 15.2 Å². The first-order chi connectivity index (χ1) is 9.49. The Hall–Kier alpha value is -1.59. The number of rotatable bonds is 6. The molecule has 0 saturated carbocycles. The van der Waals surface area contributed by atoms with E-state index in [0.29, 0.717) is 6.61 Å². The van der Waals surface area contributed by atoms with Crippen molar-refractivity contribution >= 4 is 11.3 Å². The quantitative estimate of drug-likeness (QED) is 0.889. The van der Waals surface area contributed by atoms with Gasteiger partial charge in [0.05, 0.1) is 30.0 Å². The second-order valence-corrected chi connectivity index (χ2v) is 6.07. The molecule has 0 unspecified atom stereocenters. The minimum atomic E-state index is -0.387. The lowest BCUT2D eigenvalue weighted by Gasteiger charge is -2.14. The Balaban J connectivity index is 1.88. The molecule has 0 bridgehead atoms. The minimum Gasteiger partial charge on any atom is -0.497 e. The van der Waals surface area contributed by atoms with Gasteiger partial charge >= 0.3 is 0 Å². The minimum absolute atomic E-state index is 0.387. The van der Waals surface area contributed by atoms with E-state index < -0.39 is 0 Å². The lowest BCUT2D eigenvalue weighted by Crippen LogP contribution is -2.29. The van der Waals surface area contributed by atoms with E-state index in [0.717, 1.165) is 28.6 Å². The molecule has 0 fully saturated rings. The average Bonchev–Trinajstić information content (AvgIpc) is 2.88. The van der Waals surface area contributed by atoms with Gasteiger partial charge in [0.2, 0.25) is 0 Å². The maximum absolute atomic E-state index is 6.02. The van der Waals surface area contributed by atoms with Crippen molar-refractivity contribution in [2.45, 2.75) is 25.8 Å². The van der Waals surface area contributed by atoms with Crippen LogP contribution in [0.5, 0.6) is 11.5 Å². The van der Waals surface area contributed by atoms with E-state index in [2.05, 4.69) is 4.98 Å². The summed E-state index contributed by atoms with van der Waals surface area (Å²) in [6, 6.07) is 7.59. The molecule has 0 aliphatic heterocycles. The number of thiazole rings is 1. The normalized spacial score (nSPS) is 11.4. The Morgan fingerprint density at radius 1 is 1.30 bits per heavy atom. The molecule has 4 nitrogen and oxygen atoms in total. The van der Waals surface area contributed by atoms with E-state index in [1.807, 2.05) is 43.5 Å². The Labute approximate surface area is 123 Å². The van der Waals surface area contributed by atoms with Crippen LogP contribution in [0.25, 0.3) is 0 Å². The summed E-state index contributed by atoms with van der Waals surface area (Å²) in [5, 5.41) is 3.06. The lowest BCUT2D eigenvalue weighted by atomic mass is 10.0. The molecule has 1 heterocycles. The molecule has 0 amide bonds. The first-order valence-electron chi connectivity index (χ1n) is 6.49. The number of nitrogens with zero attached hydrogens (tertiary/aromatic N) is 1. The van der Waals surface area contributed by atoms with Gasteiger partial charge in [0.15, 0.2) is 0 Å². The number of nitrogens with two attached hydrogens (primary N) is 1. The Morgan fingerprint density at radius 2 is 2.05 bits per heavy atom. The molecule has 0 aliphatic carbocycles. The highest BCUT2D eigenvalue weighted by atomic mass is 32.1. The van der Waals surface area contributed by atoms with Gasteiger partial charge < -0.3 is 15.2 Å².